The number of carbonyl (C=O) groups excluding carboxylic acids is 1. The lowest BCUT2D eigenvalue weighted by atomic mass is 10.2. The van der Waals surface area contributed by atoms with Crippen molar-refractivity contribution in [2.75, 3.05) is 0 Å². The first-order valence-electron chi connectivity index (χ1n) is 3.98. The van der Waals surface area contributed by atoms with E-state index in [0.29, 0.717) is 0 Å². The average Bonchev–Trinajstić information content (AvgIpc) is 2.64. The highest BCUT2D eigenvalue weighted by Gasteiger charge is 2.58. The zero-order valence-corrected chi connectivity index (χ0v) is 7.05. The van der Waals surface area contributed by atoms with E-state index in [0.717, 1.165) is 0 Å². The van der Waals surface area contributed by atoms with Gasteiger partial charge in [0.25, 0.3) is 11.8 Å². The number of nitrogens with one attached hydrogen (secondary N) is 2. The molecule has 76 valence electrons. The Balaban J connectivity index is 2.15. The van der Waals surface area contributed by atoms with Gasteiger partial charge in [0, 0.05) is 6.42 Å². The number of aromatic nitrogens is 2. The Morgan fingerprint density at radius 2 is 2.43 bits per heavy atom. The second-order valence-electron chi connectivity index (χ2n) is 3.20. The second kappa shape index (κ2) is 2.74. The molecule has 0 aliphatic heterocycles. The minimum absolute atomic E-state index is 0.0881. The number of H-pyrrole nitrogens is 1. The monoisotopic (exact) mass is 202 g/mol. The van der Waals surface area contributed by atoms with E-state index in [9.17, 15) is 13.6 Å². The first kappa shape index (κ1) is 9.07. The van der Waals surface area contributed by atoms with E-state index in [1.165, 1.54) is 6.07 Å². The molecule has 0 bridgehead atoms. The molecule has 1 aromatic rings. The minimum atomic E-state index is -2.67. The Labute approximate surface area is 77.6 Å². The lowest BCUT2D eigenvalue weighted by Crippen LogP contribution is -2.30. The lowest BCUT2D eigenvalue weighted by molar-refractivity contribution is 0.0948. The molecule has 14 heavy (non-hydrogen) atoms. The number of aromatic amines is 1. The van der Waals surface area contributed by atoms with Crippen LogP contribution in [0.5, 0.6) is 0 Å². The third-order valence-electron chi connectivity index (χ3n) is 2.16. The fraction of sp³-hybridized carbons (Fsp3) is 0.429. The van der Waals surface area contributed by atoms with E-state index in [2.05, 4.69) is 10.2 Å². The number of halogens is 2. The summed E-state index contributed by atoms with van der Waals surface area (Å²) in [4.78, 5) is 10.9. The molecular weight excluding hydrogens is 194 g/mol. The highest BCUT2D eigenvalue weighted by atomic mass is 19.3. The van der Waals surface area contributed by atoms with Gasteiger partial charge in [-0.15, -0.1) is 0 Å². The maximum Gasteiger partial charge on any atom is 0.283 e. The molecule has 5 nitrogen and oxygen atoms in total. The summed E-state index contributed by atoms with van der Waals surface area (Å²) >= 11 is 0. The van der Waals surface area contributed by atoms with Gasteiger partial charge in [-0.1, -0.05) is 0 Å². The van der Waals surface area contributed by atoms with E-state index in [4.69, 9.17) is 5.84 Å². The number of nitrogens with zero attached hydrogens (tertiary/aromatic N) is 1. The van der Waals surface area contributed by atoms with Crippen LogP contribution >= 0.6 is 0 Å². The van der Waals surface area contributed by atoms with Gasteiger partial charge in [-0.3, -0.25) is 15.3 Å². The Morgan fingerprint density at radius 1 is 1.79 bits per heavy atom. The third kappa shape index (κ3) is 1.35. The van der Waals surface area contributed by atoms with Gasteiger partial charge < -0.3 is 0 Å². The predicted molar refractivity (Wildman–Crippen MR) is 42.5 cm³/mol. The van der Waals surface area contributed by atoms with Crippen LogP contribution in [0.2, 0.25) is 0 Å². The van der Waals surface area contributed by atoms with E-state index < -0.39 is 17.7 Å². The molecule has 1 unspecified atom stereocenters. The average molecular weight is 202 g/mol. The van der Waals surface area contributed by atoms with E-state index >= 15 is 0 Å². The summed E-state index contributed by atoms with van der Waals surface area (Å²) in [6.07, 6.45) is -0.207. The van der Waals surface area contributed by atoms with Crippen molar-refractivity contribution in [2.45, 2.75) is 18.3 Å². The molecule has 1 saturated carbocycles. The van der Waals surface area contributed by atoms with Crippen LogP contribution in [0.1, 0.15) is 28.5 Å². The van der Waals surface area contributed by atoms with E-state index in [-0.39, 0.29) is 17.8 Å². The maximum atomic E-state index is 12.6. The van der Waals surface area contributed by atoms with Crippen LogP contribution in [0.3, 0.4) is 0 Å². The molecule has 1 aliphatic carbocycles. The van der Waals surface area contributed by atoms with Crippen LogP contribution in [-0.2, 0) is 0 Å². The summed E-state index contributed by atoms with van der Waals surface area (Å²) in [5.41, 5.74) is 2.17. The summed E-state index contributed by atoms with van der Waals surface area (Å²) in [7, 11) is 0. The number of nitrogen functional groups attached to an aromatic ring is 1. The summed E-state index contributed by atoms with van der Waals surface area (Å²) in [6, 6.07) is 1.29. The SMILES string of the molecule is NNC(=O)c1cc(C2CC2(F)F)n[nH]1. The Bertz CT molecular complexity index is 376. The number of hydrogen-bond acceptors (Lipinski definition) is 3. The fourth-order valence-corrected chi connectivity index (χ4v) is 1.24. The number of amides is 1. The van der Waals surface area contributed by atoms with Crippen molar-refractivity contribution >= 4 is 5.91 Å². The third-order valence-corrected chi connectivity index (χ3v) is 2.16. The number of hydrogen-bond donors (Lipinski definition) is 3. The van der Waals surface area contributed by atoms with Crippen molar-refractivity contribution in [2.24, 2.45) is 5.84 Å². The molecule has 1 amide bonds. The largest absolute Gasteiger partial charge is 0.289 e. The number of rotatable bonds is 2. The van der Waals surface area contributed by atoms with Crippen molar-refractivity contribution in [3.8, 4) is 0 Å². The van der Waals surface area contributed by atoms with Crippen molar-refractivity contribution in [3.63, 3.8) is 0 Å². The Morgan fingerprint density at radius 3 is 2.93 bits per heavy atom. The van der Waals surface area contributed by atoms with E-state index in [1.807, 2.05) is 5.43 Å². The van der Waals surface area contributed by atoms with Gasteiger partial charge in [0.2, 0.25) is 0 Å². The van der Waals surface area contributed by atoms with Crippen molar-refractivity contribution in [1.29, 1.82) is 0 Å². The maximum absolute atomic E-state index is 12.6. The van der Waals surface area contributed by atoms with Gasteiger partial charge in [-0.25, -0.2) is 14.6 Å². The molecule has 2 rings (SSSR count). The fourth-order valence-electron chi connectivity index (χ4n) is 1.24. The molecular formula is C7H8F2N4O. The van der Waals surface area contributed by atoms with Gasteiger partial charge >= 0.3 is 0 Å². The molecule has 1 fully saturated rings. The highest BCUT2D eigenvalue weighted by Crippen LogP contribution is 2.55. The van der Waals surface area contributed by atoms with Gasteiger partial charge in [0.1, 0.15) is 5.69 Å². The minimum Gasteiger partial charge on any atom is -0.289 e. The molecule has 1 aromatic heterocycles. The number of nitrogens with two attached hydrogens (primary N) is 1. The summed E-state index contributed by atoms with van der Waals surface area (Å²) in [5.74, 6) is 0.749. The quantitative estimate of drug-likeness (QED) is 0.362. The van der Waals surface area contributed by atoms with Crippen LogP contribution in [0, 0.1) is 0 Å². The second-order valence-corrected chi connectivity index (χ2v) is 3.20. The Hall–Kier alpha value is -1.50. The molecule has 0 radical (unpaired) electrons. The zero-order chi connectivity index (χ0) is 10.3. The Kier molecular flexibility index (Phi) is 1.78. The van der Waals surface area contributed by atoms with Gasteiger partial charge in [0.15, 0.2) is 0 Å². The van der Waals surface area contributed by atoms with Gasteiger partial charge in [0.05, 0.1) is 11.6 Å². The van der Waals surface area contributed by atoms with Crippen LogP contribution in [0.15, 0.2) is 6.07 Å². The van der Waals surface area contributed by atoms with Crippen LogP contribution in [-0.4, -0.2) is 22.0 Å². The summed E-state index contributed by atoms with van der Waals surface area (Å²) in [6.45, 7) is 0. The molecule has 0 saturated heterocycles. The standard InChI is InChI=1S/C7H8F2N4O/c8-7(9)2-3(7)4-1-5(13-12-4)6(14)11-10/h1,3H,2,10H2,(H,11,14)(H,12,13). The first-order valence-corrected chi connectivity index (χ1v) is 3.98. The molecule has 1 aliphatic rings. The van der Waals surface area contributed by atoms with Crippen molar-refractivity contribution < 1.29 is 13.6 Å². The predicted octanol–water partition coefficient (Wildman–Crippen LogP) is 0.136. The van der Waals surface area contributed by atoms with Gasteiger partial charge in [-0.05, 0) is 6.07 Å². The number of alkyl halides is 2. The zero-order valence-electron chi connectivity index (χ0n) is 7.05. The van der Waals surface area contributed by atoms with Crippen LogP contribution in [0.25, 0.3) is 0 Å². The molecule has 1 atom stereocenters. The lowest BCUT2D eigenvalue weighted by Gasteiger charge is -1.91. The first-order chi connectivity index (χ1) is 6.54. The summed E-state index contributed by atoms with van der Waals surface area (Å²) < 4.78 is 25.2. The molecule has 0 spiro atoms. The van der Waals surface area contributed by atoms with E-state index in [1.54, 1.807) is 0 Å². The molecule has 0 aromatic carbocycles. The molecule has 4 N–H and O–H groups in total. The van der Waals surface area contributed by atoms with Crippen LogP contribution < -0.4 is 11.3 Å². The van der Waals surface area contributed by atoms with Crippen molar-refractivity contribution in [3.05, 3.63) is 17.5 Å². The topological polar surface area (TPSA) is 83.8 Å². The molecule has 7 heteroatoms. The number of hydrazine groups is 1. The van der Waals surface area contributed by atoms with Crippen LogP contribution in [0.4, 0.5) is 8.78 Å². The number of carbonyl (C=O) groups is 1. The normalized spacial score (nSPS) is 23.2. The summed E-state index contributed by atoms with van der Waals surface area (Å²) in [5, 5.41) is 5.96. The molecule has 1 heterocycles. The van der Waals surface area contributed by atoms with Gasteiger partial charge in [-0.2, -0.15) is 5.10 Å². The van der Waals surface area contributed by atoms with Crippen molar-refractivity contribution in [1.82, 2.24) is 15.6 Å². The highest BCUT2D eigenvalue weighted by molar-refractivity contribution is 5.91. The smallest absolute Gasteiger partial charge is 0.283 e.